The molecule has 76 valence electrons. The van der Waals surface area contributed by atoms with Crippen LogP contribution in [0.3, 0.4) is 0 Å². The van der Waals surface area contributed by atoms with Gasteiger partial charge in [0.15, 0.2) is 12.1 Å². The van der Waals surface area contributed by atoms with Gasteiger partial charge in [-0.3, -0.25) is 20.4 Å². The lowest BCUT2D eigenvalue weighted by Crippen LogP contribution is -2.42. The van der Waals surface area contributed by atoms with Gasteiger partial charge in [-0.2, -0.15) is 0 Å². The maximum atomic E-state index is 11.3. The van der Waals surface area contributed by atoms with Crippen LogP contribution in [0, 0.1) is 6.92 Å². The van der Waals surface area contributed by atoms with E-state index < -0.39 is 11.8 Å². The molecule has 1 aromatic rings. The van der Waals surface area contributed by atoms with E-state index in [1.54, 1.807) is 6.92 Å². The van der Waals surface area contributed by atoms with E-state index >= 15 is 0 Å². The molecule has 0 radical (unpaired) electrons. The lowest BCUT2D eigenvalue weighted by molar-refractivity contribution is -0.119. The highest BCUT2D eigenvalue weighted by molar-refractivity contribution is 6.27. The summed E-state index contributed by atoms with van der Waals surface area (Å²) in [7, 11) is 0. The van der Waals surface area contributed by atoms with Crippen molar-refractivity contribution in [1.29, 1.82) is 0 Å². The largest absolute Gasteiger partial charge is 0.448 e. The molecule has 0 aromatic carbocycles. The summed E-state index contributed by atoms with van der Waals surface area (Å²) in [6.07, 6.45) is 1.15. The smallest absolute Gasteiger partial charge is 0.291 e. The summed E-state index contributed by atoms with van der Waals surface area (Å²) in [5, 5.41) is 0. The van der Waals surface area contributed by atoms with Gasteiger partial charge in [0.1, 0.15) is 11.6 Å². The molecular weight excluding hydrogens is 210 g/mol. The minimum Gasteiger partial charge on any atom is -0.448 e. The van der Waals surface area contributed by atoms with Crippen molar-refractivity contribution in [3.63, 3.8) is 0 Å². The number of aromatic nitrogens is 1. The van der Waals surface area contributed by atoms with Crippen LogP contribution in [-0.4, -0.2) is 22.7 Å². The molecule has 0 aliphatic rings. The van der Waals surface area contributed by atoms with Crippen molar-refractivity contribution in [3.8, 4) is 0 Å². The Morgan fingerprint density at radius 1 is 1.57 bits per heavy atom. The number of hydrogen-bond donors (Lipinski definition) is 2. The average molecular weight is 218 g/mol. The number of aryl methyl sites for hydroxylation is 1. The number of rotatable bonds is 2. The Morgan fingerprint density at radius 2 is 2.29 bits per heavy atom. The number of oxazole rings is 1. The van der Waals surface area contributed by atoms with Crippen LogP contribution < -0.4 is 10.9 Å². The van der Waals surface area contributed by atoms with Gasteiger partial charge in [-0.15, -0.1) is 11.6 Å². The Kier molecular flexibility index (Phi) is 3.47. The maximum absolute atomic E-state index is 11.3. The molecule has 0 atom stereocenters. The second kappa shape index (κ2) is 4.61. The highest BCUT2D eigenvalue weighted by atomic mass is 35.5. The lowest BCUT2D eigenvalue weighted by atomic mass is 10.3. The summed E-state index contributed by atoms with van der Waals surface area (Å²) < 4.78 is 4.81. The Balaban J connectivity index is 2.52. The molecule has 0 bridgehead atoms. The molecule has 0 aliphatic carbocycles. The van der Waals surface area contributed by atoms with E-state index in [-0.39, 0.29) is 11.6 Å². The molecule has 1 aromatic heterocycles. The van der Waals surface area contributed by atoms with Crippen LogP contribution in [0.15, 0.2) is 10.8 Å². The van der Waals surface area contributed by atoms with Gasteiger partial charge in [0.25, 0.3) is 11.8 Å². The zero-order valence-corrected chi connectivity index (χ0v) is 8.09. The Bertz CT molecular complexity index is 350. The molecule has 0 spiro atoms. The number of hydrazine groups is 1. The quantitative estimate of drug-likeness (QED) is 0.539. The first-order valence-electron chi connectivity index (χ1n) is 3.70. The monoisotopic (exact) mass is 217 g/mol. The molecule has 2 amide bonds. The number of nitrogens with zero attached hydrogens (tertiary/aromatic N) is 1. The molecule has 2 N–H and O–H groups in total. The minimum absolute atomic E-state index is 0.125. The van der Waals surface area contributed by atoms with Gasteiger partial charge in [-0.1, -0.05) is 0 Å². The number of carbonyl (C=O) groups excluding carboxylic acids is 2. The normalized spacial score (nSPS) is 9.57. The summed E-state index contributed by atoms with van der Waals surface area (Å²) in [6.45, 7) is 1.59. The van der Waals surface area contributed by atoms with Crippen LogP contribution in [0.25, 0.3) is 0 Å². The lowest BCUT2D eigenvalue weighted by Gasteiger charge is -2.03. The summed E-state index contributed by atoms with van der Waals surface area (Å²) >= 11 is 5.19. The standard InChI is InChI=1S/C7H8ClN3O3/c1-4-6(9-3-14-4)7(13)11-10-5(12)2-8/h3H,2H2,1H3,(H,10,12)(H,11,13). The summed E-state index contributed by atoms with van der Waals surface area (Å²) in [5.41, 5.74) is 4.35. The molecule has 7 heteroatoms. The average Bonchev–Trinajstić information content (AvgIpc) is 2.60. The fraction of sp³-hybridized carbons (Fsp3) is 0.286. The number of amides is 2. The van der Waals surface area contributed by atoms with Gasteiger partial charge >= 0.3 is 0 Å². The fourth-order valence-corrected chi connectivity index (χ4v) is 0.809. The maximum Gasteiger partial charge on any atom is 0.291 e. The van der Waals surface area contributed by atoms with E-state index in [9.17, 15) is 9.59 Å². The predicted octanol–water partition coefficient (Wildman–Crippen LogP) is -0.0172. The molecule has 14 heavy (non-hydrogen) atoms. The van der Waals surface area contributed by atoms with Crippen LogP contribution >= 0.6 is 11.6 Å². The van der Waals surface area contributed by atoms with Crippen molar-refractivity contribution < 1.29 is 14.0 Å². The van der Waals surface area contributed by atoms with Gasteiger partial charge in [0.05, 0.1) is 0 Å². The van der Waals surface area contributed by atoms with E-state index in [0.717, 1.165) is 6.39 Å². The van der Waals surface area contributed by atoms with Crippen molar-refractivity contribution in [2.24, 2.45) is 0 Å². The van der Waals surface area contributed by atoms with E-state index in [2.05, 4.69) is 15.8 Å². The number of halogens is 1. The van der Waals surface area contributed by atoms with Crippen molar-refractivity contribution in [1.82, 2.24) is 15.8 Å². The molecule has 0 saturated heterocycles. The van der Waals surface area contributed by atoms with Crippen LogP contribution in [0.4, 0.5) is 0 Å². The van der Waals surface area contributed by atoms with Crippen LogP contribution in [0.5, 0.6) is 0 Å². The second-order valence-corrected chi connectivity index (χ2v) is 2.66. The van der Waals surface area contributed by atoms with Crippen molar-refractivity contribution in [2.75, 3.05) is 5.88 Å². The van der Waals surface area contributed by atoms with Crippen molar-refractivity contribution >= 4 is 23.4 Å². The molecule has 1 heterocycles. The molecule has 0 unspecified atom stereocenters. The zero-order valence-electron chi connectivity index (χ0n) is 7.33. The van der Waals surface area contributed by atoms with E-state index in [0.29, 0.717) is 5.76 Å². The van der Waals surface area contributed by atoms with E-state index in [4.69, 9.17) is 16.0 Å². The van der Waals surface area contributed by atoms with Crippen LogP contribution in [0.1, 0.15) is 16.2 Å². The highest BCUT2D eigenvalue weighted by Gasteiger charge is 2.13. The SMILES string of the molecule is Cc1ocnc1C(=O)NNC(=O)CCl. The topological polar surface area (TPSA) is 84.2 Å². The van der Waals surface area contributed by atoms with Crippen molar-refractivity contribution in [3.05, 3.63) is 17.8 Å². The molecule has 0 saturated carbocycles. The molecule has 6 nitrogen and oxygen atoms in total. The number of hydrogen-bond acceptors (Lipinski definition) is 4. The molecule has 0 aliphatic heterocycles. The van der Waals surface area contributed by atoms with Crippen molar-refractivity contribution in [2.45, 2.75) is 6.92 Å². The second-order valence-electron chi connectivity index (χ2n) is 2.39. The highest BCUT2D eigenvalue weighted by Crippen LogP contribution is 2.02. The Labute approximate surface area is 84.6 Å². The predicted molar refractivity (Wildman–Crippen MR) is 47.6 cm³/mol. The molecular formula is C7H8ClN3O3. The van der Waals surface area contributed by atoms with Crippen LogP contribution in [0.2, 0.25) is 0 Å². The minimum atomic E-state index is -0.547. The third-order valence-corrected chi connectivity index (χ3v) is 1.64. The first-order chi connectivity index (χ1) is 6.65. The summed E-state index contributed by atoms with van der Waals surface area (Å²) in [6, 6.07) is 0. The van der Waals surface area contributed by atoms with Gasteiger partial charge in [-0.05, 0) is 6.92 Å². The molecule has 1 rings (SSSR count). The van der Waals surface area contributed by atoms with Gasteiger partial charge in [0.2, 0.25) is 0 Å². The van der Waals surface area contributed by atoms with Gasteiger partial charge < -0.3 is 4.42 Å². The summed E-state index contributed by atoms with van der Waals surface area (Å²) in [5.74, 6) is -0.892. The zero-order chi connectivity index (χ0) is 10.6. The number of carbonyl (C=O) groups is 2. The molecule has 0 fully saturated rings. The Morgan fingerprint density at radius 3 is 2.79 bits per heavy atom. The fourth-order valence-electron chi connectivity index (χ4n) is 0.742. The third-order valence-electron chi connectivity index (χ3n) is 1.40. The van der Waals surface area contributed by atoms with E-state index in [1.165, 1.54) is 0 Å². The van der Waals surface area contributed by atoms with E-state index in [1.807, 2.05) is 0 Å². The van der Waals surface area contributed by atoms with Crippen LogP contribution in [-0.2, 0) is 4.79 Å². The first kappa shape index (κ1) is 10.5. The van der Waals surface area contributed by atoms with Gasteiger partial charge in [0, 0.05) is 0 Å². The number of nitrogens with one attached hydrogen (secondary N) is 2. The van der Waals surface area contributed by atoms with Gasteiger partial charge in [-0.25, -0.2) is 4.98 Å². The summed E-state index contributed by atoms with van der Waals surface area (Å²) in [4.78, 5) is 25.6. The Hall–Kier alpha value is -1.56. The first-order valence-corrected chi connectivity index (χ1v) is 4.24. The third kappa shape index (κ3) is 2.46. The number of alkyl halides is 1.